The molecule has 1 aliphatic heterocycles. The van der Waals surface area contributed by atoms with E-state index >= 15 is 0 Å². The lowest BCUT2D eigenvalue weighted by molar-refractivity contribution is 0.0937. The van der Waals surface area contributed by atoms with E-state index in [1.54, 1.807) is 13.1 Å². The number of amides is 1. The van der Waals surface area contributed by atoms with E-state index in [2.05, 4.69) is 15.1 Å². The fraction of sp³-hybridized carbons (Fsp3) is 0.304. The van der Waals surface area contributed by atoms with Crippen LogP contribution in [0.5, 0.6) is 5.75 Å². The average Bonchev–Trinajstić information content (AvgIpc) is 3.32. The van der Waals surface area contributed by atoms with Gasteiger partial charge in [0.15, 0.2) is 0 Å². The first kappa shape index (κ1) is 22.0. The van der Waals surface area contributed by atoms with Gasteiger partial charge in [-0.3, -0.25) is 9.48 Å². The van der Waals surface area contributed by atoms with E-state index < -0.39 is 16.1 Å². The van der Waals surface area contributed by atoms with Crippen molar-refractivity contribution in [2.24, 2.45) is 7.05 Å². The molecule has 168 valence electrons. The normalized spacial score (nSPS) is 15.6. The summed E-state index contributed by atoms with van der Waals surface area (Å²) in [6.07, 6.45) is 3.43. The number of rotatable bonds is 7. The van der Waals surface area contributed by atoms with E-state index in [0.29, 0.717) is 5.56 Å². The summed E-state index contributed by atoms with van der Waals surface area (Å²) in [4.78, 5) is 13.1. The van der Waals surface area contributed by atoms with Crippen LogP contribution in [0.4, 0.5) is 0 Å². The molecule has 8 nitrogen and oxygen atoms in total. The summed E-state index contributed by atoms with van der Waals surface area (Å²) in [5.74, 6) is 0.502. The quantitative estimate of drug-likeness (QED) is 0.571. The monoisotopic (exact) mass is 454 g/mol. The van der Waals surface area contributed by atoms with Crippen molar-refractivity contribution in [1.82, 2.24) is 19.8 Å². The molecule has 2 N–H and O–H groups in total. The average molecular weight is 455 g/mol. The zero-order valence-electron chi connectivity index (χ0n) is 18.2. The first-order valence-electron chi connectivity index (χ1n) is 10.3. The molecule has 1 atom stereocenters. The summed E-state index contributed by atoms with van der Waals surface area (Å²) in [6, 6.07) is 14.1. The molecular formula is C23H26N4O4S. The van der Waals surface area contributed by atoms with Crippen molar-refractivity contribution in [3.63, 3.8) is 0 Å². The van der Waals surface area contributed by atoms with Crippen LogP contribution in [-0.4, -0.2) is 36.3 Å². The molecule has 0 aliphatic carbocycles. The second kappa shape index (κ2) is 8.40. The number of sulfonamides is 1. The highest BCUT2D eigenvalue weighted by Gasteiger charge is 2.30. The number of ether oxygens (including phenoxy) is 1. The van der Waals surface area contributed by atoms with Crippen molar-refractivity contribution in [2.75, 3.05) is 6.54 Å². The third kappa shape index (κ3) is 4.84. The molecule has 1 aromatic heterocycles. The third-order valence-corrected chi connectivity index (χ3v) is 6.68. The van der Waals surface area contributed by atoms with Crippen molar-refractivity contribution >= 4 is 15.9 Å². The SMILES string of the molecule is Cn1cc(S(=O)(=O)NCC(NC(=O)c2ccc3c(c2)CC(C)(C)O3)c2ccccc2)cn1. The number of hydrogen-bond donors (Lipinski definition) is 2. The van der Waals surface area contributed by atoms with Gasteiger partial charge in [-0.2, -0.15) is 5.10 Å². The number of nitrogens with one attached hydrogen (secondary N) is 2. The van der Waals surface area contributed by atoms with E-state index in [1.165, 1.54) is 17.1 Å². The van der Waals surface area contributed by atoms with Gasteiger partial charge in [0.05, 0.1) is 12.2 Å². The van der Waals surface area contributed by atoms with Crippen LogP contribution < -0.4 is 14.8 Å². The zero-order valence-corrected chi connectivity index (χ0v) is 19.0. The fourth-order valence-electron chi connectivity index (χ4n) is 3.74. The molecule has 1 aliphatic rings. The highest BCUT2D eigenvalue weighted by atomic mass is 32.2. The number of aryl methyl sites for hydroxylation is 1. The third-order valence-electron chi connectivity index (χ3n) is 5.30. The van der Waals surface area contributed by atoms with Gasteiger partial charge in [-0.15, -0.1) is 0 Å². The van der Waals surface area contributed by atoms with Crippen LogP contribution in [0.3, 0.4) is 0 Å². The van der Waals surface area contributed by atoms with Gasteiger partial charge < -0.3 is 10.1 Å². The first-order chi connectivity index (χ1) is 15.1. The summed E-state index contributed by atoms with van der Waals surface area (Å²) in [7, 11) is -2.12. The molecule has 0 fully saturated rings. The van der Waals surface area contributed by atoms with Crippen molar-refractivity contribution in [2.45, 2.75) is 36.8 Å². The van der Waals surface area contributed by atoms with Gasteiger partial charge in [0.1, 0.15) is 16.2 Å². The van der Waals surface area contributed by atoms with E-state index in [9.17, 15) is 13.2 Å². The van der Waals surface area contributed by atoms with Crippen LogP contribution >= 0.6 is 0 Å². The maximum atomic E-state index is 13.0. The topological polar surface area (TPSA) is 102 Å². The minimum Gasteiger partial charge on any atom is -0.487 e. The number of carbonyl (C=O) groups is 1. The Morgan fingerprint density at radius 1 is 1.22 bits per heavy atom. The number of carbonyl (C=O) groups excluding carboxylic acids is 1. The molecule has 1 amide bonds. The number of nitrogens with zero attached hydrogens (tertiary/aromatic N) is 2. The Morgan fingerprint density at radius 2 is 1.97 bits per heavy atom. The minimum atomic E-state index is -3.77. The molecule has 1 unspecified atom stereocenters. The number of hydrogen-bond acceptors (Lipinski definition) is 5. The molecule has 2 heterocycles. The number of fused-ring (bicyclic) bond motifs is 1. The Morgan fingerprint density at radius 3 is 2.66 bits per heavy atom. The Balaban J connectivity index is 1.52. The lowest BCUT2D eigenvalue weighted by atomic mass is 10.00. The Bertz CT molecular complexity index is 1240. The predicted molar refractivity (Wildman–Crippen MR) is 120 cm³/mol. The molecular weight excluding hydrogens is 428 g/mol. The maximum absolute atomic E-state index is 13.0. The summed E-state index contributed by atoms with van der Waals surface area (Å²) < 4.78 is 35.2. The van der Waals surface area contributed by atoms with E-state index in [-0.39, 0.29) is 22.9 Å². The maximum Gasteiger partial charge on any atom is 0.251 e. The molecule has 32 heavy (non-hydrogen) atoms. The highest BCUT2D eigenvalue weighted by Crippen LogP contribution is 2.35. The standard InChI is InChI=1S/C23H26N4O4S/c1-23(2)12-18-11-17(9-10-21(18)31-23)22(28)26-20(16-7-5-4-6-8-16)14-25-32(29,30)19-13-24-27(3)15-19/h4-11,13,15,20,25H,12,14H2,1-3H3,(H,26,28). The van der Waals surface area contributed by atoms with Crippen molar-refractivity contribution in [3.05, 3.63) is 77.6 Å². The molecule has 0 bridgehead atoms. The van der Waals surface area contributed by atoms with Crippen molar-refractivity contribution < 1.29 is 17.9 Å². The Labute approximate surface area is 187 Å². The lowest BCUT2D eigenvalue weighted by Gasteiger charge is -2.20. The molecule has 9 heteroatoms. The summed E-state index contributed by atoms with van der Waals surface area (Å²) in [6.45, 7) is 4.01. The zero-order chi connectivity index (χ0) is 22.9. The smallest absolute Gasteiger partial charge is 0.251 e. The second-order valence-electron chi connectivity index (χ2n) is 8.50. The van der Waals surface area contributed by atoms with E-state index in [1.807, 2.05) is 56.3 Å². The molecule has 2 aromatic carbocycles. The van der Waals surface area contributed by atoms with Gasteiger partial charge >= 0.3 is 0 Å². The molecule has 0 saturated carbocycles. The van der Waals surface area contributed by atoms with Crippen LogP contribution in [0.2, 0.25) is 0 Å². The number of aromatic nitrogens is 2. The van der Waals surface area contributed by atoms with Gasteiger partial charge in [0, 0.05) is 31.8 Å². The van der Waals surface area contributed by atoms with Gasteiger partial charge in [0.2, 0.25) is 10.0 Å². The predicted octanol–water partition coefficient (Wildman–Crippen LogP) is 2.58. The van der Waals surface area contributed by atoms with Gasteiger partial charge in [0.25, 0.3) is 5.91 Å². The Kier molecular flexibility index (Phi) is 5.79. The van der Waals surface area contributed by atoms with E-state index in [4.69, 9.17) is 4.74 Å². The van der Waals surface area contributed by atoms with Crippen LogP contribution in [0.25, 0.3) is 0 Å². The lowest BCUT2D eigenvalue weighted by Crippen LogP contribution is -2.37. The van der Waals surface area contributed by atoms with Crippen LogP contribution in [0, 0.1) is 0 Å². The van der Waals surface area contributed by atoms with Crippen LogP contribution in [0.15, 0.2) is 65.8 Å². The van der Waals surface area contributed by atoms with Gasteiger partial charge in [-0.1, -0.05) is 30.3 Å². The second-order valence-corrected chi connectivity index (χ2v) is 10.3. The van der Waals surface area contributed by atoms with Crippen molar-refractivity contribution in [1.29, 1.82) is 0 Å². The Hall–Kier alpha value is -3.17. The summed E-state index contributed by atoms with van der Waals surface area (Å²) in [5.41, 5.74) is 1.98. The summed E-state index contributed by atoms with van der Waals surface area (Å²) >= 11 is 0. The number of benzene rings is 2. The van der Waals surface area contributed by atoms with Crippen LogP contribution in [-0.2, 0) is 23.5 Å². The minimum absolute atomic E-state index is 0.00589. The molecule has 3 aromatic rings. The van der Waals surface area contributed by atoms with Gasteiger partial charge in [-0.25, -0.2) is 13.1 Å². The molecule has 4 rings (SSSR count). The first-order valence-corrected chi connectivity index (χ1v) is 11.8. The van der Waals surface area contributed by atoms with Gasteiger partial charge in [-0.05, 0) is 43.2 Å². The largest absolute Gasteiger partial charge is 0.487 e. The molecule has 0 spiro atoms. The molecule has 0 radical (unpaired) electrons. The summed E-state index contributed by atoms with van der Waals surface area (Å²) in [5, 5.41) is 6.88. The van der Waals surface area contributed by atoms with E-state index in [0.717, 1.165) is 23.3 Å². The van der Waals surface area contributed by atoms with Crippen molar-refractivity contribution in [3.8, 4) is 5.75 Å². The van der Waals surface area contributed by atoms with Crippen LogP contribution in [0.1, 0.15) is 41.4 Å². The molecule has 0 saturated heterocycles. The fourth-order valence-corrected chi connectivity index (χ4v) is 4.77. The highest BCUT2D eigenvalue weighted by molar-refractivity contribution is 7.89.